The van der Waals surface area contributed by atoms with Gasteiger partial charge in [0.05, 0.1) is 10.6 Å². The Bertz CT molecular complexity index is 453. The Morgan fingerprint density at radius 3 is 3.06 bits per heavy atom. The molecule has 18 heavy (non-hydrogen) atoms. The topological polar surface area (TPSA) is 40.5 Å². The maximum Gasteiger partial charge on any atom is 0.255 e. The number of nitrogens with zero attached hydrogens (tertiary/aromatic N) is 1. The number of piperidine rings is 1. The fourth-order valence-electron chi connectivity index (χ4n) is 2.24. The number of rotatable bonds is 2. The molecule has 0 aliphatic carbocycles. The van der Waals surface area contributed by atoms with Crippen molar-refractivity contribution in [2.75, 3.05) is 19.7 Å². The third-order valence-electron chi connectivity index (χ3n) is 3.25. The van der Waals surface area contributed by atoms with E-state index in [1.165, 1.54) is 18.2 Å². The van der Waals surface area contributed by atoms with Gasteiger partial charge in [-0.1, -0.05) is 17.7 Å². The molecule has 0 aromatic heterocycles. The third-order valence-corrected chi connectivity index (χ3v) is 3.63. The van der Waals surface area contributed by atoms with E-state index in [-0.39, 0.29) is 29.0 Å². The Morgan fingerprint density at radius 1 is 1.56 bits per heavy atom. The largest absolute Gasteiger partial charge is 0.396 e. The summed E-state index contributed by atoms with van der Waals surface area (Å²) in [6.07, 6.45) is 1.76. The van der Waals surface area contributed by atoms with Crippen LogP contribution in [0.1, 0.15) is 23.2 Å². The van der Waals surface area contributed by atoms with Gasteiger partial charge in [-0.3, -0.25) is 4.79 Å². The van der Waals surface area contributed by atoms with E-state index in [4.69, 9.17) is 16.7 Å². The number of halogens is 2. The van der Waals surface area contributed by atoms with Gasteiger partial charge in [-0.2, -0.15) is 0 Å². The monoisotopic (exact) mass is 271 g/mol. The van der Waals surface area contributed by atoms with Crippen LogP contribution >= 0.6 is 11.6 Å². The molecule has 1 fully saturated rings. The predicted octanol–water partition coefficient (Wildman–Crippen LogP) is 2.32. The zero-order valence-corrected chi connectivity index (χ0v) is 10.7. The first-order valence-corrected chi connectivity index (χ1v) is 6.35. The van der Waals surface area contributed by atoms with Gasteiger partial charge in [0.1, 0.15) is 5.82 Å². The molecular weight excluding hydrogens is 257 g/mol. The van der Waals surface area contributed by atoms with Crippen molar-refractivity contribution < 1.29 is 14.3 Å². The van der Waals surface area contributed by atoms with E-state index in [0.717, 1.165) is 12.8 Å². The molecule has 0 radical (unpaired) electrons. The van der Waals surface area contributed by atoms with Gasteiger partial charge in [0.15, 0.2) is 0 Å². The number of hydrogen-bond donors (Lipinski definition) is 1. The van der Waals surface area contributed by atoms with Crippen LogP contribution in [0, 0.1) is 11.7 Å². The van der Waals surface area contributed by atoms with E-state index in [0.29, 0.717) is 13.1 Å². The second kappa shape index (κ2) is 5.67. The zero-order chi connectivity index (χ0) is 13.1. The molecular formula is C13H15ClFNO2. The molecule has 1 aromatic rings. The van der Waals surface area contributed by atoms with Crippen molar-refractivity contribution in [2.24, 2.45) is 5.92 Å². The minimum absolute atomic E-state index is 0.0701. The number of aliphatic hydroxyl groups is 1. The molecule has 1 N–H and O–H groups in total. The predicted molar refractivity (Wildman–Crippen MR) is 67.1 cm³/mol. The number of hydrogen-bond acceptors (Lipinski definition) is 2. The van der Waals surface area contributed by atoms with E-state index >= 15 is 0 Å². The Kier molecular flexibility index (Phi) is 4.19. The second-order valence-electron chi connectivity index (χ2n) is 4.54. The number of carbonyl (C=O) groups excluding carboxylic acids is 1. The Morgan fingerprint density at radius 2 is 2.33 bits per heavy atom. The van der Waals surface area contributed by atoms with E-state index in [1.54, 1.807) is 4.90 Å². The maximum atomic E-state index is 13.3. The van der Waals surface area contributed by atoms with Gasteiger partial charge in [0.2, 0.25) is 0 Å². The smallest absolute Gasteiger partial charge is 0.255 e. The van der Waals surface area contributed by atoms with E-state index in [1.807, 2.05) is 0 Å². The van der Waals surface area contributed by atoms with Gasteiger partial charge in [-0.15, -0.1) is 0 Å². The summed E-state index contributed by atoms with van der Waals surface area (Å²) in [6, 6.07) is 4.23. The quantitative estimate of drug-likeness (QED) is 0.897. The van der Waals surface area contributed by atoms with Gasteiger partial charge in [0.25, 0.3) is 5.91 Å². The number of aliphatic hydroxyl groups excluding tert-OH is 1. The third kappa shape index (κ3) is 2.65. The first-order valence-electron chi connectivity index (χ1n) is 5.97. The molecule has 1 unspecified atom stereocenters. The van der Waals surface area contributed by atoms with Crippen LogP contribution in [0.5, 0.6) is 0 Å². The van der Waals surface area contributed by atoms with Gasteiger partial charge in [-0.25, -0.2) is 4.39 Å². The number of carbonyl (C=O) groups is 1. The summed E-state index contributed by atoms with van der Waals surface area (Å²) in [7, 11) is 0. The summed E-state index contributed by atoms with van der Waals surface area (Å²) in [5.41, 5.74) is 0.190. The van der Waals surface area contributed by atoms with Crippen LogP contribution in [0.3, 0.4) is 0 Å². The average molecular weight is 272 g/mol. The lowest BCUT2D eigenvalue weighted by molar-refractivity contribution is 0.0620. The van der Waals surface area contributed by atoms with E-state index < -0.39 is 5.82 Å². The molecule has 0 bridgehead atoms. The Balaban J connectivity index is 2.18. The number of benzene rings is 1. The summed E-state index contributed by atoms with van der Waals surface area (Å²) >= 11 is 5.81. The number of likely N-dealkylation sites (tertiary alicyclic amines) is 1. The van der Waals surface area contributed by atoms with Crippen LogP contribution in [-0.4, -0.2) is 35.6 Å². The zero-order valence-electron chi connectivity index (χ0n) is 9.90. The van der Waals surface area contributed by atoms with Crippen molar-refractivity contribution in [3.63, 3.8) is 0 Å². The highest BCUT2D eigenvalue weighted by Gasteiger charge is 2.25. The van der Waals surface area contributed by atoms with Crippen molar-refractivity contribution in [1.29, 1.82) is 0 Å². The highest BCUT2D eigenvalue weighted by Crippen LogP contribution is 2.24. The van der Waals surface area contributed by atoms with E-state index in [2.05, 4.69) is 0 Å². The molecule has 0 saturated carbocycles. The van der Waals surface area contributed by atoms with Crippen LogP contribution in [0.15, 0.2) is 18.2 Å². The molecule has 2 rings (SSSR count). The second-order valence-corrected chi connectivity index (χ2v) is 4.92. The van der Waals surface area contributed by atoms with Gasteiger partial charge in [-0.05, 0) is 30.9 Å². The maximum absolute atomic E-state index is 13.3. The van der Waals surface area contributed by atoms with Crippen LogP contribution in [0.25, 0.3) is 0 Å². The van der Waals surface area contributed by atoms with Crippen molar-refractivity contribution in [3.8, 4) is 0 Å². The standard InChI is InChI=1S/C13H15ClFNO2/c14-12-10(4-1-5-11(12)15)13(18)16-6-2-3-9(7-16)8-17/h1,4-5,9,17H,2-3,6-8H2. The van der Waals surface area contributed by atoms with Crippen molar-refractivity contribution >= 4 is 17.5 Å². The van der Waals surface area contributed by atoms with Crippen LogP contribution in [0.4, 0.5) is 4.39 Å². The average Bonchev–Trinajstić information content (AvgIpc) is 2.41. The fraction of sp³-hybridized carbons (Fsp3) is 0.462. The van der Waals surface area contributed by atoms with Crippen LogP contribution in [-0.2, 0) is 0 Å². The summed E-state index contributed by atoms with van der Waals surface area (Å²) < 4.78 is 13.3. The molecule has 98 valence electrons. The molecule has 1 saturated heterocycles. The van der Waals surface area contributed by atoms with Gasteiger partial charge in [0, 0.05) is 19.7 Å². The first kappa shape index (κ1) is 13.3. The SMILES string of the molecule is O=C(c1cccc(F)c1Cl)N1CCCC(CO)C1. The first-order chi connectivity index (χ1) is 8.63. The molecule has 1 amide bonds. The Labute approximate surface area is 110 Å². The molecule has 1 aromatic carbocycles. The van der Waals surface area contributed by atoms with Crippen molar-refractivity contribution in [1.82, 2.24) is 4.90 Å². The molecule has 0 spiro atoms. The minimum Gasteiger partial charge on any atom is -0.396 e. The molecule has 3 nitrogen and oxygen atoms in total. The molecule has 1 aliphatic rings. The van der Waals surface area contributed by atoms with Gasteiger partial charge >= 0.3 is 0 Å². The molecule has 1 aliphatic heterocycles. The van der Waals surface area contributed by atoms with Crippen molar-refractivity contribution in [2.45, 2.75) is 12.8 Å². The summed E-state index contributed by atoms with van der Waals surface area (Å²) in [5, 5.41) is 9.00. The normalized spacial score (nSPS) is 19.9. The fourth-order valence-corrected chi connectivity index (χ4v) is 2.44. The summed E-state index contributed by atoms with van der Waals surface area (Å²) in [5.74, 6) is -0.745. The van der Waals surface area contributed by atoms with E-state index in [9.17, 15) is 9.18 Å². The lowest BCUT2D eigenvalue weighted by atomic mass is 9.98. The van der Waals surface area contributed by atoms with Crippen molar-refractivity contribution in [3.05, 3.63) is 34.6 Å². The molecule has 1 atom stereocenters. The highest BCUT2D eigenvalue weighted by molar-refractivity contribution is 6.34. The summed E-state index contributed by atoms with van der Waals surface area (Å²) in [4.78, 5) is 13.9. The molecule has 5 heteroatoms. The molecule has 1 heterocycles. The number of amides is 1. The lowest BCUT2D eigenvalue weighted by Crippen LogP contribution is -2.41. The minimum atomic E-state index is -0.585. The highest BCUT2D eigenvalue weighted by atomic mass is 35.5. The van der Waals surface area contributed by atoms with Crippen LogP contribution < -0.4 is 0 Å². The summed E-state index contributed by atoms with van der Waals surface area (Å²) in [6.45, 7) is 1.20. The van der Waals surface area contributed by atoms with Gasteiger partial charge < -0.3 is 10.0 Å². The van der Waals surface area contributed by atoms with Crippen LogP contribution in [0.2, 0.25) is 5.02 Å². The lowest BCUT2D eigenvalue weighted by Gasteiger charge is -2.32. The Hall–Kier alpha value is -1.13.